The molecule has 30 heavy (non-hydrogen) atoms. The first kappa shape index (κ1) is 23.4. The van der Waals surface area contributed by atoms with Gasteiger partial charge < -0.3 is 20.9 Å². The van der Waals surface area contributed by atoms with Crippen LogP contribution in [0.25, 0.3) is 0 Å². The Hall–Kier alpha value is -1.31. The smallest absolute Gasteiger partial charge is 0.199 e. The Kier molecular flexibility index (Phi) is 8.84. The van der Waals surface area contributed by atoms with E-state index in [0.29, 0.717) is 16.3 Å². The highest BCUT2D eigenvalue weighted by Crippen LogP contribution is 2.32. The first-order valence-corrected chi connectivity index (χ1v) is 12.6. The largest absolute Gasteiger partial charge is 0.378 e. The van der Waals surface area contributed by atoms with Gasteiger partial charge in [-0.1, -0.05) is 37.9 Å². The van der Waals surface area contributed by atoms with Gasteiger partial charge in [0.1, 0.15) is 0 Å². The molecule has 2 atom stereocenters. The number of hydrogen-bond donors (Lipinski definition) is 2. The summed E-state index contributed by atoms with van der Waals surface area (Å²) in [6, 6.07) is 9.16. The van der Waals surface area contributed by atoms with Crippen LogP contribution in [0.4, 0.5) is 11.4 Å². The molecule has 1 heterocycles. The van der Waals surface area contributed by atoms with Crippen molar-refractivity contribution in [3.8, 4) is 0 Å². The number of piperidine rings is 1. The van der Waals surface area contributed by atoms with Crippen molar-refractivity contribution in [3.63, 3.8) is 0 Å². The van der Waals surface area contributed by atoms with Gasteiger partial charge in [0.05, 0.1) is 0 Å². The molecule has 0 bridgehead atoms. The fraction of sp³-hybridized carbons (Fsp3) is 0.652. The Balaban J connectivity index is 1.45. The molecular weight excluding hydrogens is 410 g/mol. The molecule has 7 heteroatoms. The van der Waals surface area contributed by atoms with Crippen LogP contribution in [0.2, 0.25) is 0 Å². The minimum atomic E-state index is 0.427. The van der Waals surface area contributed by atoms with Crippen LogP contribution in [0.15, 0.2) is 29.3 Å². The molecule has 3 rings (SSSR count). The van der Waals surface area contributed by atoms with Crippen LogP contribution in [0.1, 0.15) is 45.4 Å². The van der Waals surface area contributed by atoms with Gasteiger partial charge in [0.15, 0.2) is 10.3 Å². The van der Waals surface area contributed by atoms with Gasteiger partial charge in [-0.05, 0) is 81.7 Å². The third-order valence-corrected chi connectivity index (χ3v) is 7.80. The molecule has 1 aromatic carbocycles. The zero-order valence-electron chi connectivity index (χ0n) is 18.6. The Morgan fingerprint density at radius 3 is 2.47 bits per heavy atom. The molecule has 3 N–H and O–H groups in total. The van der Waals surface area contributed by atoms with Crippen LogP contribution in [-0.4, -0.2) is 54.2 Å². The molecule has 1 saturated heterocycles. The van der Waals surface area contributed by atoms with Gasteiger partial charge in [-0.15, -0.1) is 0 Å². The number of thiocarbonyl (C=S) groups is 1. The number of nitrogens with one attached hydrogen (secondary N) is 1. The first-order chi connectivity index (χ1) is 14.4. The number of amidine groups is 1. The lowest BCUT2D eigenvalue weighted by Crippen LogP contribution is -2.41. The second kappa shape index (κ2) is 11.3. The summed E-state index contributed by atoms with van der Waals surface area (Å²) in [4.78, 5) is 9.18. The third kappa shape index (κ3) is 6.86. The zero-order valence-corrected chi connectivity index (χ0v) is 20.3. The van der Waals surface area contributed by atoms with Crippen molar-refractivity contribution < 1.29 is 0 Å². The van der Waals surface area contributed by atoms with Gasteiger partial charge in [0, 0.05) is 36.3 Å². The molecular formula is C23H37N5S2. The second-order valence-electron chi connectivity index (χ2n) is 8.94. The van der Waals surface area contributed by atoms with Gasteiger partial charge in [0.2, 0.25) is 0 Å². The van der Waals surface area contributed by atoms with E-state index in [0.717, 1.165) is 36.4 Å². The van der Waals surface area contributed by atoms with Crippen molar-refractivity contribution in [2.45, 2.75) is 51.5 Å². The summed E-state index contributed by atoms with van der Waals surface area (Å²) in [7, 11) is 4.35. The van der Waals surface area contributed by atoms with Crippen molar-refractivity contribution in [2.24, 2.45) is 22.6 Å². The maximum atomic E-state index is 6.12. The summed E-state index contributed by atoms with van der Waals surface area (Å²) in [6.07, 6.45) is 7.78. The van der Waals surface area contributed by atoms with Gasteiger partial charge in [-0.3, -0.25) is 0 Å². The topological polar surface area (TPSA) is 56.9 Å². The summed E-state index contributed by atoms with van der Waals surface area (Å²) >= 11 is 7.03. The normalized spacial score (nSPS) is 23.6. The van der Waals surface area contributed by atoms with E-state index in [1.807, 2.05) is 0 Å². The molecule has 0 aromatic heterocycles. The second-order valence-corrected chi connectivity index (χ2v) is 10.4. The Labute approximate surface area is 191 Å². The average molecular weight is 448 g/mol. The third-order valence-electron chi connectivity index (χ3n) is 6.62. The van der Waals surface area contributed by atoms with Gasteiger partial charge in [-0.2, -0.15) is 4.99 Å². The molecule has 166 valence electrons. The number of rotatable bonds is 5. The van der Waals surface area contributed by atoms with Gasteiger partial charge >= 0.3 is 0 Å². The van der Waals surface area contributed by atoms with E-state index >= 15 is 0 Å². The monoisotopic (exact) mass is 447 g/mol. The van der Waals surface area contributed by atoms with Crippen molar-refractivity contribution >= 4 is 45.6 Å². The van der Waals surface area contributed by atoms with E-state index in [1.165, 1.54) is 44.2 Å². The molecule has 1 saturated carbocycles. The maximum absolute atomic E-state index is 6.12. The molecule has 1 aliphatic carbocycles. The van der Waals surface area contributed by atoms with E-state index in [-0.39, 0.29) is 0 Å². The number of anilines is 2. The lowest BCUT2D eigenvalue weighted by atomic mass is 9.82. The summed E-state index contributed by atoms with van der Waals surface area (Å²) < 4.78 is 0. The van der Waals surface area contributed by atoms with Crippen LogP contribution in [-0.2, 0) is 0 Å². The summed E-state index contributed by atoms with van der Waals surface area (Å²) in [5.41, 5.74) is 8.34. The quantitative estimate of drug-likeness (QED) is 0.385. The van der Waals surface area contributed by atoms with Crippen LogP contribution in [0.3, 0.4) is 0 Å². The number of benzene rings is 1. The van der Waals surface area contributed by atoms with Crippen LogP contribution < -0.4 is 16.0 Å². The number of hydrogen-bond acceptors (Lipinski definition) is 4. The Morgan fingerprint density at radius 2 is 1.83 bits per heavy atom. The van der Waals surface area contributed by atoms with Crippen LogP contribution >= 0.6 is 24.0 Å². The first-order valence-electron chi connectivity index (χ1n) is 11.2. The highest BCUT2D eigenvalue weighted by atomic mass is 32.2. The van der Waals surface area contributed by atoms with Crippen LogP contribution in [0, 0.1) is 11.8 Å². The predicted octanol–water partition coefficient (Wildman–Crippen LogP) is 4.79. The van der Waals surface area contributed by atoms with Crippen molar-refractivity contribution in [3.05, 3.63) is 24.3 Å². The summed E-state index contributed by atoms with van der Waals surface area (Å²) in [6.45, 7) is 4.56. The Bertz CT molecular complexity index is 711. The van der Waals surface area contributed by atoms with E-state index in [1.54, 1.807) is 11.8 Å². The molecule has 0 radical (unpaired) electrons. The molecule has 1 aliphatic heterocycles. The average Bonchev–Trinajstić information content (AvgIpc) is 2.73. The Morgan fingerprint density at radius 1 is 1.17 bits per heavy atom. The fourth-order valence-electron chi connectivity index (χ4n) is 4.51. The highest BCUT2D eigenvalue weighted by molar-refractivity contribution is 8.13. The van der Waals surface area contributed by atoms with Crippen molar-refractivity contribution in [2.75, 3.05) is 43.2 Å². The molecule has 2 fully saturated rings. The minimum Gasteiger partial charge on any atom is -0.378 e. The fourth-order valence-corrected chi connectivity index (χ4v) is 5.82. The molecule has 0 spiro atoms. The number of nitrogens with zero attached hydrogens (tertiary/aromatic N) is 3. The van der Waals surface area contributed by atoms with E-state index in [4.69, 9.17) is 18.0 Å². The molecule has 0 amide bonds. The predicted molar refractivity (Wildman–Crippen MR) is 137 cm³/mol. The lowest BCUT2D eigenvalue weighted by molar-refractivity contribution is 0.249. The lowest BCUT2D eigenvalue weighted by Gasteiger charge is -2.36. The van der Waals surface area contributed by atoms with Crippen molar-refractivity contribution in [1.29, 1.82) is 0 Å². The van der Waals surface area contributed by atoms with Gasteiger partial charge in [-0.25, -0.2) is 0 Å². The summed E-state index contributed by atoms with van der Waals surface area (Å²) in [5, 5.41) is 4.18. The van der Waals surface area contributed by atoms with E-state index < -0.39 is 0 Å². The van der Waals surface area contributed by atoms with Crippen LogP contribution in [0.5, 0.6) is 0 Å². The molecule has 1 aromatic rings. The van der Waals surface area contributed by atoms with E-state index in [9.17, 15) is 0 Å². The number of thioether (sulfide) groups is 1. The minimum absolute atomic E-state index is 0.427. The maximum Gasteiger partial charge on any atom is 0.199 e. The zero-order chi connectivity index (χ0) is 21.5. The van der Waals surface area contributed by atoms with Gasteiger partial charge in [0.25, 0.3) is 0 Å². The summed E-state index contributed by atoms with van der Waals surface area (Å²) in [5.74, 6) is 2.57. The molecule has 2 aliphatic rings. The standard InChI is InChI=1S/C23H37N5S2/c1-17-6-4-5-7-18(17)16-30-22(24)26-23(29)25-19-8-10-21(11-9-19)28-14-12-20(13-15-28)27(2)3/h8-11,17-18,20H,4-7,12-16H2,1-3H3,(H3,24,25,26,29). The molecule has 5 nitrogen and oxygen atoms in total. The molecule has 2 unspecified atom stereocenters. The number of nitrogens with two attached hydrogens (primary N) is 1. The number of aliphatic imine (C=N–C) groups is 1. The SMILES string of the molecule is CC1CCCCC1CS/C(N)=N/C(=S)Nc1ccc(N2CCC(N(C)C)CC2)cc1. The van der Waals surface area contributed by atoms with Crippen molar-refractivity contribution in [1.82, 2.24) is 4.90 Å². The van der Waals surface area contributed by atoms with E-state index in [2.05, 4.69) is 65.4 Å². The highest BCUT2D eigenvalue weighted by Gasteiger charge is 2.22.